The number of hydrogen-bond acceptors (Lipinski definition) is 4. The largest absolute Gasteiger partial charge is 0.456 e. The summed E-state index contributed by atoms with van der Waals surface area (Å²) in [4.78, 5) is 15.8. The molecule has 0 fully saturated rings. The van der Waals surface area contributed by atoms with E-state index in [-0.39, 0.29) is 0 Å². The second kappa shape index (κ2) is 14.1. The molecule has 0 unspecified atom stereocenters. The van der Waals surface area contributed by atoms with Gasteiger partial charge in [-0.3, -0.25) is 0 Å². The van der Waals surface area contributed by atoms with Crippen molar-refractivity contribution in [3.05, 3.63) is 217 Å². The van der Waals surface area contributed by atoms with E-state index in [4.69, 9.17) is 19.4 Å². The van der Waals surface area contributed by atoms with Crippen molar-refractivity contribution in [3.63, 3.8) is 0 Å². The number of hydrogen-bond donors (Lipinski definition) is 0. The van der Waals surface area contributed by atoms with Gasteiger partial charge in [-0.15, -0.1) is 0 Å². The van der Waals surface area contributed by atoms with E-state index in [0.29, 0.717) is 17.5 Å². The van der Waals surface area contributed by atoms with Crippen LogP contribution in [-0.4, -0.2) is 19.5 Å². The summed E-state index contributed by atoms with van der Waals surface area (Å²) in [6, 6.07) is 72.8. The molecule has 9 aromatic carbocycles. The summed E-state index contributed by atoms with van der Waals surface area (Å²) >= 11 is 0. The summed E-state index contributed by atoms with van der Waals surface area (Å²) in [5.41, 5.74) is 17.7. The summed E-state index contributed by atoms with van der Waals surface area (Å²) in [6.07, 6.45) is 0.789. The molecule has 13 rings (SSSR count). The summed E-state index contributed by atoms with van der Waals surface area (Å²) in [5, 5.41) is 4.42. The minimum Gasteiger partial charge on any atom is -0.456 e. The lowest BCUT2D eigenvalue weighted by Gasteiger charge is -2.12. The summed E-state index contributed by atoms with van der Waals surface area (Å²) in [5.74, 6) is 1.88. The molecule has 0 radical (unpaired) electrons. The lowest BCUT2D eigenvalue weighted by Crippen LogP contribution is -2.02. The van der Waals surface area contributed by atoms with Crippen LogP contribution >= 0.6 is 0 Å². The molecule has 0 aliphatic heterocycles. The highest BCUT2D eigenvalue weighted by atomic mass is 16.3. The molecule has 0 atom stereocenters. The average molecular weight is 805 g/mol. The van der Waals surface area contributed by atoms with Crippen molar-refractivity contribution in [2.45, 2.75) is 6.42 Å². The van der Waals surface area contributed by atoms with Crippen molar-refractivity contribution in [1.29, 1.82) is 0 Å². The van der Waals surface area contributed by atoms with E-state index in [1.54, 1.807) is 0 Å². The van der Waals surface area contributed by atoms with Crippen LogP contribution in [0.1, 0.15) is 11.1 Å². The molecule has 0 spiro atoms. The van der Waals surface area contributed by atoms with Gasteiger partial charge in [0.2, 0.25) is 0 Å². The van der Waals surface area contributed by atoms with Crippen LogP contribution in [0, 0.1) is 0 Å². The van der Waals surface area contributed by atoms with Gasteiger partial charge < -0.3 is 8.98 Å². The lowest BCUT2D eigenvalue weighted by atomic mass is 9.96. The van der Waals surface area contributed by atoms with Gasteiger partial charge in [0.15, 0.2) is 17.5 Å². The van der Waals surface area contributed by atoms with Gasteiger partial charge in [-0.25, -0.2) is 15.0 Å². The Hall–Kier alpha value is -8.41. The standard InChI is InChI=1S/C58H36N4O/c1-4-15-36(16-5-1)41-22-12-23-42-43-24-13-25-45(48(43)35-47(41)42)57-59-56(37-17-6-2-7-18-37)60-58(61-57)46-26-14-28-54-55(46)50-34-39(30-32-53(50)63-54)38-29-31-52-49(33-38)44-21-10-11-27-51(44)62(52)40-19-8-3-9-20-40/h1-34H,35H2. The van der Waals surface area contributed by atoms with Gasteiger partial charge in [-0.1, -0.05) is 158 Å². The van der Waals surface area contributed by atoms with Gasteiger partial charge >= 0.3 is 0 Å². The molecular weight excluding hydrogens is 769 g/mol. The Morgan fingerprint density at radius 3 is 1.68 bits per heavy atom. The summed E-state index contributed by atoms with van der Waals surface area (Å²) in [6.45, 7) is 0. The highest BCUT2D eigenvalue weighted by molar-refractivity contribution is 6.14. The van der Waals surface area contributed by atoms with Crippen LogP contribution in [0.3, 0.4) is 0 Å². The van der Waals surface area contributed by atoms with Gasteiger partial charge in [-0.2, -0.15) is 0 Å². The first-order valence-electron chi connectivity index (χ1n) is 21.4. The van der Waals surface area contributed by atoms with Crippen LogP contribution < -0.4 is 0 Å². The zero-order chi connectivity index (χ0) is 41.4. The van der Waals surface area contributed by atoms with Crippen molar-refractivity contribution < 1.29 is 4.42 Å². The fourth-order valence-electron chi connectivity index (χ4n) is 9.87. The molecule has 5 heteroatoms. The van der Waals surface area contributed by atoms with E-state index in [0.717, 1.165) is 61.9 Å². The Kier molecular flexibility index (Phi) is 7.90. The molecule has 3 aromatic heterocycles. The Labute approximate surface area is 363 Å². The third-order valence-corrected chi connectivity index (χ3v) is 12.7. The first kappa shape index (κ1) is 35.4. The van der Waals surface area contributed by atoms with Gasteiger partial charge in [0.25, 0.3) is 0 Å². The molecule has 294 valence electrons. The minimum absolute atomic E-state index is 0.603. The lowest BCUT2D eigenvalue weighted by molar-refractivity contribution is 0.669. The maximum absolute atomic E-state index is 6.58. The molecule has 63 heavy (non-hydrogen) atoms. The molecule has 0 bridgehead atoms. The van der Waals surface area contributed by atoms with Crippen molar-refractivity contribution in [2.24, 2.45) is 0 Å². The van der Waals surface area contributed by atoms with Crippen LogP contribution in [0.2, 0.25) is 0 Å². The second-order valence-corrected chi connectivity index (χ2v) is 16.3. The molecule has 1 aliphatic carbocycles. The summed E-state index contributed by atoms with van der Waals surface area (Å²) in [7, 11) is 0. The van der Waals surface area contributed by atoms with Crippen LogP contribution in [-0.2, 0) is 6.42 Å². The van der Waals surface area contributed by atoms with Crippen LogP contribution in [0.25, 0.3) is 117 Å². The third kappa shape index (κ3) is 5.67. The van der Waals surface area contributed by atoms with Crippen LogP contribution in [0.4, 0.5) is 0 Å². The molecule has 0 saturated heterocycles. The van der Waals surface area contributed by atoms with Crippen molar-refractivity contribution >= 4 is 43.7 Å². The number of para-hydroxylation sites is 2. The molecule has 12 aromatic rings. The number of fused-ring (bicyclic) bond motifs is 9. The predicted molar refractivity (Wildman–Crippen MR) is 257 cm³/mol. The summed E-state index contributed by atoms with van der Waals surface area (Å²) < 4.78 is 8.94. The highest BCUT2D eigenvalue weighted by Crippen LogP contribution is 2.46. The topological polar surface area (TPSA) is 56.7 Å². The predicted octanol–water partition coefficient (Wildman–Crippen LogP) is 14.8. The first-order chi connectivity index (χ1) is 31.2. The minimum atomic E-state index is 0.603. The van der Waals surface area contributed by atoms with Gasteiger partial charge in [0.1, 0.15) is 11.2 Å². The van der Waals surface area contributed by atoms with E-state index >= 15 is 0 Å². The maximum Gasteiger partial charge on any atom is 0.164 e. The SMILES string of the molecule is c1ccc(-c2nc(-c3cccc4c3Cc3c(-c5ccccc5)cccc3-4)nc(-c3cccc4oc5ccc(-c6ccc7c(c6)c6ccccc6n7-c6ccccc6)cc5c34)n2)cc1. The van der Waals surface area contributed by atoms with Crippen molar-refractivity contribution in [3.8, 4) is 73.2 Å². The van der Waals surface area contributed by atoms with Gasteiger partial charge in [0.05, 0.1) is 11.0 Å². The van der Waals surface area contributed by atoms with Crippen LogP contribution in [0.5, 0.6) is 0 Å². The number of benzene rings is 9. The number of furan rings is 1. The first-order valence-corrected chi connectivity index (χ1v) is 21.4. The van der Waals surface area contributed by atoms with E-state index in [1.807, 2.05) is 30.3 Å². The fraction of sp³-hybridized carbons (Fsp3) is 0.0172. The Balaban J connectivity index is 0.971. The molecule has 0 amide bonds. The Morgan fingerprint density at radius 1 is 0.349 bits per heavy atom. The molecule has 0 saturated carbocycles. The zero-order valence-electron chi connectivity index (χ0n) is 34.0. The second-order valence-electron chi connectivity index (χ2n) is 16.3. The zero-order valence-corrected chi connectivity index (χ0v) is 34.0. The van der Waals surface area contributed by atoms with Gasteiger partial charge in [-0.05, 0) is 93.0 Å². The molecular formula is C58H36N4O. The quantitative estimate of drug-likeness (QED) is 0.168. The number of aromatic nitrogens is 4. The normalized spacial score (nSPS) is 12.1. The average Bonchev–Trinajstić information content (AvgIpc) is 4.04. The van der Waals surface area contributed by atoms with Crippen molar-refractivity contribution in [2.75, 3.05) is 0 Å². The molecule has 1 aliphatic rings. The van der Waals surface area contributed by atoms with Crippen molar-refractivity contribution in [1.82, 2.24) is 19.5 Å². The van der Waals surface area contributed by atoms with Gasteiger partial charge in [0, 0.05) is 50.3 Å². The maximum atomic E-state index is 6.58. The smallest absolute Gasteiger partial charge is 0.164 e. The highest BCUT2D eigenvalue weighted by Gasteiger charge is 2.27. The van der Waals surface area contributed by atoms with Crippen LogP contribution in [0.15, 0.2) is 211 Å². The van der Waals surface area contributed by atoms with E-state index in [9.17, 15) is 0 Å². The Bertz CT molecular complexity index is 3760. The monoisotopic (exact) mass is 804 g/mol. The molecule has 3 heterocycles. The Morgan fingerprint density at radius 2 is 0.905 bits per heavy atom. The van der Waals surface area contributed by atoms with E-state index in [2.05, 4.69) is 180 Å². The van der Waals surface area contributed by atoms with E-state index in [1.165, 1.54) is 55.2 Å². The number of nitrogens with zero attached hydrogens (tertiary/aromatic N) is 4. The molecule has 5 nitrogen and oxygen atoms in total. The third-order valence-electron chi connectivity index (χ3n) is 12.7. The fourth-order valence-corrected chi connectivity index (χ4v) is 9.87. The number of rotatable bonds is 6. The van der Waals surface area contributed by atoms with E-state index < -0.39 is 0 Å². The molecule has 0 N–H and O–H groups in total.